The van der Waals surface area contributed by atoms with Crippen molar-refractivity contribution in [2.45, 2.75) is 87.6 Å². The average molecular weight is 1020 g/mol. The smallest absolute Gasteiger partial charge is 0.351 e. The van der Waals surface area contributed by atoms with Crippen LogP contribution in [0.25, 0.3) is 0 Å². The molecule has 2 saturated heterocycles. The monoisotopic (exact) mass is 1010 g/mol. The van der Waals surface area contributed by atoms with Gasteiger partial charge in [0, 0.05) is 36.0 Å². The van der Waals surface area contributed by atoms with Gasteiger partial charge < -0.3 is 33.3 Å². The second-order valence-electron chi connectivity index (χ2n) is 18.1. The van der Waals surface area contributed by atoms with Crippen LogP contribution in [0.3, 0.4) is 0 Å². The SMILES string of the molecule is COc1ccc(C(OC[C@@]23CN(S(=O)(=O)c4ccccc4)[C@@H]([C@H](n4cc(C)c(NC(=O)c5ccccc5)nc4=O)O2)[C@@H]3OP(OCCC#N)N(C(C)C)C(C)C)(c2ccccc2)c2ccc(OC)cc2)cc1. The predicted octanol–water partition coefficient (Wildman–Crippen LogP) is 8.83. The highest BCUT2D eigenvalue weighted by molar-refractivity contribution is 7.89. The number of rotatable bonds is 21. The van der Waals surface area contributed by atoms with Gasteiger partial charge in [0.2, 0.25) is 10.0 Å². The Morgan fingerprint density at radius 1 is 0.861 bits per heavy atom. The van der Waals surface area contributed by atoms with Crippen molar-refractivity contribution in [1.29, 1.82) is 5.26 Å². The number of morpholine rings is 1. The summed E-state index contributed by atoms with van der Waals surface area (Å²) in [6.45, 7) is 9.15. The van der Waals surface area contributed by atoms with Crippen molar-refractivity contribution in [1.82, 2.24) is 18.5 Å². The number of sulfonamides is 1. The molecule has 1 unspecified atom stereocenters. The Kier molecular flexibility index (Phi) is 16.0. The van der Waals surface area contributed by atoms with E-state index < -0.39 is 59.7 Å². The van der Waals surface area contributed by atoms with Crippen LogP contribution in [0, 0.1) is 18.3 Å². The Balaban J connectivity index is 1.34. The zero-order valence-corrected chi connectivity index (χ0v) is 43.0. The number of anilines is 1. The van der Waals surface area contributed by atoms with Crippen LogP contribution in [-0.2, 0) is 34.1 Å². The van der Waals surface area contributed by atoms with Gasteiger partial charge in [0.15, 0.2) is 6.23 Å². The number of hydrogen-bond acceptors (Lipinski definition) is 13. The molecule has 1 aromatic heterocycles. The summed E-state index contributed by atoms with van der Waals surface area (Å²) in [5.74, 6) is 0.798. The van der Waals surface area contributed by atoms with Gasteiger partial charge in [-0.15, -0.1) is 0 Å². The highest BCUT2D eigenvalue weighted by Gasteiger charge is 2.69. The van der Waals surface area contributed by atoms with Gasteiger partial charge in [-0.25, -0.2) is 17.9 Å². The van der Waals surface area contributed by atoms with Crippen LogP contribution >= 0.6 is 8.53 Å². The second-order valence-corrected chi connectivity index (χ2v) is 21.4. The molecule has 2 fully saturated rings. The first-order chi connectivity index (χ1) is 34.7. The molecule has 5 aromatic carbocycles. The maximum absolute atomic E-state index is 15.3. The molecule has 18 heteroatoms. The van der Waals surface area contributed by atoms with E-state index in [1.54, 1.807) is 69.7 Å². The minimum Gasteiger partial charge on any atom is -0.497 e. The molecule has 8 rings (SSSR count). The van der Waals surface area contributed by atoms with Crippen molar-refractivity contribution in [3.05, 3.63) is 184 Å². The van der Waals surface area contributed by atoms with E-state index in [1.807, 2.05) is 107 Å². The third-order valence-corrected chi connectivity index (χ3v) is 16.8. The summed E-state index contributed by atoms with van der Waals surface area (Å²) in [4.78, 5) is 32.3. The lowest BCUT2D eigenvalue weighted by molar-refractivity contribution is -0.169. The van der Waals surface area contributed by atoms with E-state index in [4.69, 9.17) is 28.0 Å². The molecule has 72 heavy (non-hydrogen) atoms. The van der Waals surface area contributed by atoms with E-state index in [0.717, 1.165) is 5.56 Å². The fraction of sp³-hybridized carbons (Fsp3) is 0.333. The zero-order valence-electron chi connectivity index (χ0n) is 41.2. The number of carbonyl (C=O) groups excluding carboxylic acids is 1. The molecule has 1 amide bonds. The van der Waals surface area contributed by atoms with Gasteiger partial charge in [0.1, 0.15) is 40.7 Å². The van der Waals surface area contributed by atoms with Gasteiger partial charge >= 0.3 is 5.69 Å². The topological polar surface area (TPSA) is 184 Å². The van der Waals surface area contributed by atoms with Crippen molar-refractivity contribution in [2.75, 3.05) is 39.3 Å². The van der Waals surface area contributed by atoms with Gasteiger partial charge in [-0.3, -0.25) is 9.36 Å². The van der Waals surface area contributed by atoms with E-state index in [-0.39, 0.29) is 49.0 Å². The van der Waals surface area contributed by atoms with E-state index >= 15 is 8.42 Å². The van der Waals surface area contributed by atoms with Crippen molar-refractivity contribution in [3.63, 3.8) is 0 Å². The van der Waals surface area contributed by atoms with Crippen molar-refractivity contribution < 1.29 is 41.2 Å². The Bertz CT molecular complexity index is 2960. The number of ether oxygens (including phenoxy) is 4. The number of amides is 1. The fourth-order valence-corrected chi connectivity index (χ4v) is 13.0. The van der Waals surface area contributed by atoms with Gasteiger partial charge in [0.25, 0.3) is 14.4 Å². The molecular formula is C54H59N6O10PS. The first-order valence-electron chi connectivity index (χ1n) is 23.6. The number of fused-ring (bicyclic) bond motifs is 2. The number of methoxy groups -OCH3 is 2. The number of nitrogens with zero attached hydrogens (tertiary/aromatic N) is 5. The normalized spacial score (nSPS) is 19.4. The molecule has 6 aromatic rings. The molecular weight excluding hydrogens is 956 g/mol. The highest BCUT2D eigenvalue weighted by atomic mass is 32.2. The Morgan fingerprint density at radius 2 is 1.40 bits per heavy atom. The number of benzene rings is 5. The maximum Gasteiger partial charge on any atom is 0.351 e. The number of carbonyl (C=O) groups is 1. The van der Waals surface area contributed by atoms with E-state index in [0.29, 0.717) is 33.8 Å². The summed E-state index contributed by atoms with van der Waals surface area (Å²) < 4.78 is 75.1. The molecule has 2 bridgehead atoms. The molecule has 2 aliphatic rings. The number of aromatic nitrogens is 2. The Morgan fingerprint density at radius 3 is 1.94 bits per heavy atom. The molecule has 0 saturated carbocycles. The lowest BCUT2D eigenvalue weighted by Crippen LogP contribution is -2.52. The lowest BCUT2D eigenvalue weighted by Gasteiger charge is -2.42. The quantitative estimate of drug-likeness (QED) is 0.0410. The minimum absolute atomic E-state index is 0.0142. The predicted molar refractivity (Wildman–Crippen MR) is 273 cm³/mol. The van der Waals surface area contributed by atoms with E-state index in [1.165, 1.54) is 27.2 Å². The average Bonchev–Trinajstić information content (AvgIpc) is 3.87. The van der Waals surface area contributed by atoms with Gasteiger partial charge in [-0.05, 0) is 99.8 Å². The molecule has 16 nitrogen and oxygen atoms in total. The number of hydrogen-bond donors (Lipinski definition) is 1. The summed E-state index contributed by atoms with van der Waals surface area (Å²) in [6.07, 6.45) is -0.971. The molecule has 1 N–H and O–H groups in total. The van der Waals surface area contributed by atoms with Crippen LogP contribution in [0.15, 0.2) is 155 Å². The van der Waals surface area contributed by atoms with E-state index in [9.17, 15) is 14.9 Å². The first-order valence-corrected chi connectivity index (χ1v) is 26.2. The molecule has 3 heterocycles. The summed E-state index contributed by atoms with van der Waals surface area (Å²) in [7, 11) is -3.26. The third-order valence-electron chi connectivity index (χ3n) is 12.8. The molecule has 0 aliphatic carbocycles. The molecule has 0 spiro atoms. The zero-order chi connectivity index (χ0) is 51.2. The maximum atomic E-state index is 15.3. The molecule has 376 valence electrons. The summed E-state index contributed by atoms with van der Waals surface area (Å²) in [6, 6.07) is 42.0. The Labute approximate surface area is 422 Å². The second kappa shape index (κ2) is 22.2. The Hall–Kier alpha value is -6.32. The van der Waals surface area contributed by atoms with Crippen LogP contribution in [0.2, 0.25) is 0 Å². The van der Waals surface area contributed by atoms with Crippen LogP contribution in [0.1, 0.15) is 73.0 Å². The number of aryl methyl sites for hydroxylation is 1. The van der Waals surface area contributed by atoms with Gasteiger partial charge in [-0.2, -0.15) is 14.6 Å². The van der Waals surface area contributed by atoms with Crippen LogP contribution < -0.4 is 20.5 Å². The van der Waals surface area contributed by atoms with Gasteiger partial charge in [-0.1, -0.05) is 91.0 Å². The van der Waals surface area contributed by atoms with Gasteiger partial charge in [0.05, 0.1) is 44.8 Å². The molecule has 0 radical (unpaired) electrons. The van der Waals surface area contributed by atoms with Crippen LogP contribution in [0.4, 0.5) is 5.82 Å². The van der Waals surface area contributed by atoms with Crippen LogP contribution in [0.5, 0.6) is 11.5 Å². The lowest BCUT2D eigenvalue weighted by atomic mass is 9.79. The van der Waals surface area contributed by atoms with Crippen LogP contribution in [-0.4, -0.2) is 96.7 Å². The van der Waals surface area contributed by atoms with Crippen molar-refractivity contribution >= 4 is 30.3 Å². The number of nitriles is 1. The summed E-state index contributed by atoms with van der Waals surface area (Å²) in [5.41, 5.74) is -0.962. The van der Waals surface area contributed by atoms with Crippen molar-refractivity contribution in [3.8, 4) is 17.6 Å². The fourth-order valence-electron chi connectivity index (χ4n) is 9.48. The van der Waals surface area contributed by atoms with E-state index in [2.05, 4.69) is 21.0 Å². The molecule has 5 atom stereocenters. The molecule has 2 aliphatic heterocycles. The largest absolute Gasteiger partial charge is 0.497 e. The number of nitrogens with one attached hydrogen (secondary N) is 1. The highest BCUT2D eigenvalue weighted by Crippen LogP contribution is 2.58. The first kappa shape index (κ1) is 52.0. The standard InChI is InChI=1S/C54H59N6O10PS/c1-37(2)60(38(3)4)71(68-33-17-32-55)70-48-47-51(58-34-39(5)49(57-52(58)62)56-50(61)40-18-11-8-12-19-40)69-53(48,35-59(47)72(63,64)46-22-15-10-16-23-46)36-67-54(41-20-13-9-14-21-41,42-24-28-44(65-6)29-25-42)43-26-30-45(66-7)31-27-43/h8-16,18-31,34,37-38,47-48,51H,17,33,35-36H2,1-7H3,(H,56,57,61,62)/t47-,48+,51-,53-,71?/m1/s1. The summed E-state index contributed by atoms with van der Waals surface area (Å²) in [5, 5.41) is 12.4. The third kappa shape index (κ3) is 10.3. The minimum atomic E-state index is -4.39. The summed E-state index contributed by atoms with van der Waals surface area (Å²) >= 11 is 0. The van der Waals surface area contributed by atoms with Crippen molar-refractivity contribution in [2.24, 2.45) is 0 Å².